The van der Waals surface area contributed by atoms with E-state index in [1.165, 1.54) is 0 Å². The molecule has 0 amide bonds. The maximum absolute atomic E-state index is 10.3. The zero-order valence-electron chi connectivity index (χ0n) is 9.61. The first-order valence-electron chi connectivity index (χ1n) is 5.87. The van der Waals surface area contributed by atoms with Crippen molar-refractivity contribution in [2.24, 2.45) is 0 Å². The number of aliphatic hydroxyl groups is 1. The number of hydrogen-bond acceptors (Lipinski definition) is 4. The topological polar surface area (TPSA) is 47.9 Å². The van der Waals surface area contributed by atoms with Crippen LogP contribution in [0.2, 0.25) is 0 Å². The van der Waals surface area contributed by atoms with Gasteiger partial charge in [0.2, 0.25) is 0 Å². The van der Waals surface area contributed by atoms with Crippen molar-refractivity contribution < 1.29 is 19.3 Å². The minimum absolute atomic E-state index is 0.370. The predicted molar refractivity (Wildman–Crippen MR) is 59.1 cm³/mol. The lowest BCUT2D eigenvalue weighted by atomic mass is 9.82. The summed E-state index contributed by atoms with van der Waals surface area (Å²) in [6.45, 7) is 5.78. The molecule has 0 radical (unpaired) electrons. The lowest BCUT2D eigenvalue weighted by Gasteiger charge is -2.40. The highest BCUT2D eigenvalue weighted by atomic mass is 16.7. The first-order chi connectivity index (χ1) is 7.68. The van der Waals surface area contributed by atoms with Crippen LogP contribution < -0.4 is 0 Å². The monoisotopic (exact) mass is 228 g/mol. The van der Waals surface area contributed by atoms with Crippen LogP contribution in [0.15, 0.2) is 12.7 Å². The van der Waals surface area contributed by atoms with Gasteiger partial charge < -0.3 is 19.3 Å². The quantitative estimate of drug-likeness (QED) is 0.581. The van der Waals surface area contributed by atoms with Crippen LogP contribution in [0, 0.1) is 0 Å². The Morgan fingerprint density at radius 3 is 2.38 bits per heavy atom. The van der Waals surface area contributed by atoms with Crippen LogP contribution in [0.5, 0.6) is 0 Å². The highest BCUT2D eigenvalue weighted by Gasteiger charge is 2.45. The molecule has 16 heavy (non-hydrogen) atoms. The second-order valence-corrected chi connectivity index (χ2v) is 4.64. The van der Waals surface area contributed by atoms with E-state index in [-0.39, 0.29) is 0 Å². The summed E-state index contributed by atoms with van der Waals surface area (Å²) < 4.78 is 16.5. The second kappa shape index (κ2) is 4.84. The fourth-order valence-corrected chi connectivity index (χ4v) is 2.36. The fraction of sp³-hybridized carbons (Fsp3) is 0.833. The van der Waals surface area contributed by atoms with E-state index < -0.39 is 11.4 Å². The van der Waals surface area contributed by atoms with Gasteiger partial charge in [0.05, 0.1) is 32.0 Å². The van der Waals surface area contributed by atoms with Crippen molar-refractivity contribution in [3.05, 3.63) is 12.7 Å². The summed E-state index contributed by atoms with van der Waals surface area (Å²) in [6, 6.07) is 0. The summed E-state index contributed by atoms with van der Waals surface area (Å²) in [7, 11) is 0. The zero-order chi connectivity index (χ0) is 11.5. The number of rotatable bonds is 4. The summed E-state index contributed by atoms with van der Waals surface area (Å²) in [5, 5.41) is 10.3. The Hall–Kier alpha value is -0.420. The summed E-state index contributed by atoms with van der Waals surface area (Å²) in [4.78, 5) is 0. The van der Waals surface area contributed by atoms with Gasteiger partial charge in [-0.1, -0.05) is 6.08 Å². The van der Waals surface area contributed by atoms with Gasteiger partial charge in [-0.05, 0) is 12.8 Å². The molecule has 1 heterocycles. The van der Waals surface area contributed by atoms with E-state index in [1.807, 2.05) is 0 Å². The van der Waals surface area contributed by atoms with Crippen molar-refractivity contribution in [2.45, 2.75) is 37.1 Å². The molecule has 2 aliphatic rings. The lowest BCUT2D eigenvalue weighted by Crippen LogP contribution is -2.46. The van der Waals surface area contributed by atoms with Crippen molar-refractivity contribution in [3.63, 3.8) is 0 Å². The predicted octanol–water partition coefficient (Wildman–Crippen LogP) is 1.24. The number of hydrogen-bond donors (Lipinski definition) is 1. The minimum Gasteiger partial charge on any atom is -0.387 e. The average molecular weight is 228 g/mol. The third-order valence-corrected chi connectivity index (χ3v) is 3.36. The van der Waals surface area contributed by atoms with Gasteiger partial charge in [0.1, 0.15) is 0 Å². The normalized spacial score (nSPS) is 27.1. The molecule has 1 saturated carbocycles. The standard InChI is InChI=1S/C12H20O4/c1-2-7-14-10-11(13)3-5-12(6-4-11)15-8-9-16-12/h2,13H,1,3-10H2. The van der Waals surface area contributed by atoms with Crippen molar-refractivity contribution >= 4 is 0 Å². The summed E-state index contributed by atoms with van der Waals surface area (Å²) >= 11 is 0. The largest absolute Gasteiger partial charge is 0.387 e. The Kier molecular flexibility index (Phi) is 3.64. The Morgan fingerprint density at radius 2 is 1.81 bits per heavy atom. The third-order valence-electron chi connectivity index (χ3n) is 3.36. The maximum atomic E-state index is 10.3. The lowest BCUT2D eigenvalue weighted by molar-refractivity contribution is -0.208. The van der Waals surface area contributed by atoms with E-state index in [0.717, 1.165) is 12.8 Å². The third kappa shape index (κ3) is 2.63. The molecular weight excluding hydrogens is 208 g/mol. The first-order valence-corrected chi connectivity index (χ1v) is 5.87. The molecule has 0 aromatic rings. The minimum atomic E-state index is -0.719. The Morgan fingerprint density at radius 1 is 1.19 bits per heavy atom. The van der Waals surface area contributed by atoms with Crippen LogP contribution in [-0.4, -0.2) is 42.9 Å². The SMILES string of the molecule is C=CCOCC1(O)CCC2(CC1)OCCO2. The van der Waals surface area contributed by atoms with Gasteiger partial charge in [-0.25, -0.2) is 0 Å². The van der Waals surface area contributed by atoms with E-state index in [2.05, 4.69) is 6.58 Å². The highest BCUT2D eigenvalue weighted by molar-refractivity contribution is 4.91. The molecule has 0 aromatic carbocycles. The summed E-state index contributed by atoms with van der Waals surface area (Å²) in [5.74, 6) is -0.412. The molecule has 0 bridgehead atoms. The molecule has 1 aliphatic carbocycles. The Bertz CT molecular complexity index is 235. The van der Waals surface area contributed by atoms with Gasteiger partial charge in [0, 0.05) is 12.8 Å². The van der Waals surface area contributed by atoms with E-state index in [9.17, 15) is 5.11 Å². The van der Waals surface area contributed by atoms with E-state index in [0.29, 0.717) is 39.3 Å². The van der Waals surface area contributed by atoms with Gasteiger partial charge in [-0.2, -0.15) is 0 Å². The van der Waals surface area contributed by atoms with Crippen molar-refractivity contribution in [2.75, 3.05) is 26.4 Å². The van der Waals surface area contributed by atoms with Gasteiger partial charge in [-0.3, -0.25) is 0 Å². The molecule has 2 fully saturated rings. The molecule has 0 aromatic heterocycles. The zero-order valence-corrected chi connectivity index (χ0v) is 9.61. The maximum Gasteiger partial charge on any atom is 0.168 e. The molecule has 4 nitrogen and oxygen atoms in total. The highest BCUT2D eigenvalue weighted by Crippen LogP contribution is 2.40. The smallest absolute Gasteiger partial charge is 0.168 e. The van der Waals surface area contributed by atoms with Gasteiger partial charge >= 0.3 is 0 Å². The fourth-order valence-electron chi connectivity index (χ4n) is 2.36. The molecule has 92 valence electrons. The van der Waals surface area contributed by atoms with Crippen LogP contribution >= 0.6 is 0 Å². The molecular formula is C12H20O4. The molecule has 1 saturated heterocycles. The molecule has 2 rings (SSSR count). The summed E-state index contributed by atoms with van der Waals surface area (Å²) in [5.41, 5.74) is -0.719. The Balaban J connectivity index is 1.80. The Labute approximate surface area is 96.2 Å². The van der Waals surface area contributed by atoms with E-state index in [1.54, 1.807) is 6.08 Å². The van der Waals surface area contributed by atoms with Gasteiger partial charge in [0.25, 0.3) is 0 Å². The van der Waals surface area contributed by atoms with E-state index >= 15 is 0 Å². The van der Waals surface area contributed by atoms with Crippen LogP contribution in [-0.2, 0) is 14.2 Å². The van der Waals surface area contributed by atoms with Gasteiger partial charge in [-0.15, -0.1) is 6.58 Å². The molecule has 1 N–H and O–H groups in total. The molecule has 1 spiro atoms. The first kappa shape index (κ1) is 12.0. The second-order valence-electron chi connectivity index (χ2n) is 4.64. The van der Waals surface area contributed by atoms with Crippen molar-refractivity contribution in [3.8, 4) is 0 Å². The van der Waals surface area contributed by atoms with Crippen LogP contribution in [0.3, 0.4) is 0 Å². The summed E-state index contributed by atoms with van der Waals surface area (Å²) in [6.07, 6.45) is 4.53. The molecule has 0 atom stereocenters. The van der Waals surface area contributed by atoms with Crippen LogP contribution in [0.4, 0.5) is 0 Å². The molecule has 1 aliphatic heterocycles. The van der Waals surface area contributed by atoms with Crippen LogP contribution in [0.1, 0.15) is 25.7 Å². The average Bonchev–Trinajstić information content (AvgIpc) is 2.73. The molecule has 4 heteroatoms. The van der Waals surface area contributed by atoms with E-state index in [4.69, 9.17) is 14.2 Å². The number of ether oxygens (including phenoxy) is 3. The van der Waals surface area contributed by atoms with Crippen LogP contribution in [0.25, 0.3) is 0 Å². The van der Waals surface area contributed by atoms with Crippen molar-refractivity contribution in [1.82, 2.24) is 0 Å². The van der Waals surface area contributed by atoms with Gasteiger partial charge in [0.15, 0.2) is 5.79 Å². The van der Waals surface area contributed by atoms with Crippen molar-refractivity contribution in [1.29, 1.82) is 0 Å². The molecule has 0 unspecified atom stereocenters.